The lowest BCUT2D eigenvalue weighted by molar-refractivity contribution is 1.65. The van der Waals surface area contributed by atoms with E-state index in [1.165, 1.54) is 16.3 Å². The summed E-state index contributed by atoms with van der Waals surface area (Å²) in [5, 5.41) is 2.54. The van der Waals surface area contributed by atoms with Gasteiger partial charge >= 0.3 is 0 Å². The van der Waals surface area contributed by atoms with E-state index in [2.05, 4.69) is 49.0 Å². The average molecular weight is 194 g/mol. The van der Waals surface area contributed by atoms with Gasteiger partial charge in [-0.05, 0) is 34.9 Å². The van der Waals surface area contributed by atoms with E-state index in [-0.39, 0.29) is 0 Å². The predicted octanol–water partition coefficient (Wildman–Crippen LogP) is 4.43. The Kier molecular flexibility index (Phi) is 2.68. The smallest absolute Gasteiger partial charge is 0.0178 e. The minimum absolute atomic E-state index is 1.06. The molecule has 0 saturated heterocycles. The lowest BCUT2D eigenvalue weighted by Gasteiger charge is -2.03. The largest absolute Gasteiger partial charge is 0.0912 e. The molecule has 2 rings (SSSR count). The zero-order valence-corrected chi connectivity index (χ0v) is 8.90. The van der Waals surface area contributed by atoms with E-state index in [4.69, 9.17) is 0 Å². The van der Waals surface area contributed by atoms with E-state index in [9.17, 15) is 0 Å². The van der Waals surface area contributed by atoms with Gasteiger partial charge in [0.15, 0.2) is 0 Å². The van der Waals surface area contributed by atoms with Crippen LogP contribution in [0, 0.1) is 0 Å². The summed E-state index contributed by atoms with van der Waals surface area (Å²) in [6.07, 6.45) is 4.04. The molecule has 0 bridgehead atoms. The van der Waals surface area contributed by atoms with Crippen molar-refractivity contribution in [3.05, 3.63) is 66.8 Å². The highest BCUT2D eigenvalue weighted by atomic mass is 14.0. The fraction of sp³-hybridized carbons (Fsp3) is 0.0667. The fourth-order valence-corrected chi connectivity index (χ4v) is 1.69. The number of hydrogen-bond acceptors (Lipinski definition) is 0. The third kappa shape index (κ3) is 1.99. The monoisotopic (exact) mass is 194 g/mol. The number of benzene rings is 2. The van der Waals surface area contributed by atoms with E-state index >= 15 is 0 Å². The molecule has 0 spiro atoms. The number of hydrogen-bond donors (Lipinski definition) is 0. The zero-order valence-electron chi connectivity index (χ0n) is 8.90. The molecular formula is C15H14. The van der Waals surface area contributed by atoms with Gasteiger partial charge in [-0.2, -0.15) is 0 Å². The van der Waals surface area contributed by atoms with Crippen molar-refractivity contribution >= 4 is 16.3 Å². The maximum atomic E-state index is 4.03. The molecule has 0 aromatic heterocycles. The van der Waals surface area contributed by atoms with Gasteiger partial charge in [-0.3, -0.25) is 0 Å². The van der Waals surface area contributed by atoms with Crippen LogP contribution in [0.3, 0.4) is 0 Å². The van der Waals surface area contributed by atoms with Crippen LogP contribution in [-0.4, -0.2) is 0 Å². The third-order valence-corrected chi connectivity index (χ3v) is 2.49. The maximum absolute atomic E-state index is 4.03. The standard InChI is InChI=1S/C15H14/c1-3-6-12(2)14-10-9-13-7-4-5-8-15(13)11-14/h3-11H,2H2,1H3/b6-3-. The van der Waals surface area contributed by atoms with Crippen LogP contribution in [-0.2, 0) is 0 Å². The van der Waals surface area contributed by atoms with E-state index in [1.807, 2.05) is 19.1 Å². The molecule has 0 nitrogen and oxygen atoms in total. The zero-order chi connectivity index (χ0) is 10.7. The molecule has 0 radical (unpaired) electrons. The van der Waals surface area contributed by atoms with Crippen LogP contribution in [0.2, 0.25) is 0 Å². The summed E-state index contributed by atoms with van der Waals surface area (Å²) in [6, 6.07) is 14.8. The summed E-state index contributed by atoms with van der Waals surface area (Å²) in [5.41, 5.74) is 2.25. The Labute approximate surface area is 90.6 Å². The second-order valence-corrected chi connectivity index (χ2v) is 3.59. The van der Waals surface area contributed by atoms with Gasteiger partial charge in [-0.15, -0.1) is 0 Å². The molecule has 74 valence electrons. The van der Waals surface area contributed by atoms with Crippen LogP contribution in [0.25, 0.3) is 16.3 Å². The molecule has 0 amide bonds. The van der Waals surface area contributed by atoms with Gasteiger partial charge in [0.2, 0.25) is 0 Å². The molecule has 2 aromatic carbocycles. The number of fused-ring (bicyclic) bond motifs is 1. The Bertz CT molecular complexity index is 518. The van der Waals surface area contributed by atoms with Crippen LogP contribution < -0.4 is 0 Å². The van der Waals surface area contributed by atoms with Crippen molar-refractivity contribution in [3.8, 4) is 0 Å². The second kappa shape index (κ2) is 4.14. The molecule has 0 N–H and O–H groups in total. The minimum Gasteiger partial charge on any atom is -0.0912 e. The molecule has 0 aliphatic carbocycles. The molecule has 0 heterocycles. The first-order valence-electron chi connectivity index (χ1n) is 5.12. The second-order valence-electron chi connectivity index (χ2n) is 3.59. The van der Waals surface area contributed by atoms with Gasteiger partial charge in [0.25, 0.3) is 0 Å². The molecule has 0 aliphatic rings. The quantitative estimate of drug-likeness (QED) is 0.620. The van der Waals surface area contributed by atoms with E-state index in [0.717, 1.165) is 5.57 Å². The molecule has 2 aromatic rings. The van der Waals surface area contributed by atoms with Crippen LogP contribution >= 0.6 is 0 Å². The van der Waals surface area contributed by atoms with Crippen molar-refractivity contribution < 1.29 is 0 Å². The van der Waals surface area contributed by atoms with Gasteiger partial charge < -0.3 is 0 Å². The molecule has 0 atom stereocenters. The summed E-state index contributed by atoms with van der Waals surface area (Å²) < 4.78 is 0. The topological polar surface area (TPSA) is 0 Å². The Morgan fingerprint density at radius 2 is 1.80 bits per heavy atom. The van der Waals surface area contributed by atoms with E-state index < -0.39 is 0 Å². The fourth-order valence-electron chi connectivity index (χ4n) is 1.69. The maximum Gasteiger partial charge on any atom is -0.0178 e. The molecule has 0 fully saturated rings. The first-order valence-corrected chi connectivity index (χ1v) is 5.12. The molecule has 0 aliphatic heterocycles. The van der Waals surface area contributed by atoms with Crippen molar-refractivity contribution in [1.82, 2.24) is 0 Å². The highest BCUT2D eigenvalue weighted by molar-refractivity contribution is 5.87. The lowest BCUT2D eigenvalue weighted by Crippen LogP contribution is -1.79. The molecule has 15 heavy (non-hydrogen) atoms. The van der Waals surface area contributed by atoms with Crippen molar-refractivity contribution in [1.29, 1.82) is 0 Å². The SMILES string of the molecule is C=C(/C=C\C)c1ccc2ccccc2c1. The van der Waals surface area contributed by atoms with Crippen molar-refractivity contribution in [2.45, 2.75) is 6.92 Å². The minimum atomic E-state index is 1.06. The van der Waals surface area contributed by atoms with Crippen LogP contribution in [0.15, 0.2) is 61.2 Å². The molecule has 0 saturated carbocycles. The summed E-state index contributed by atoms with van der Waals surface area (Å²) in [5.74, 6) is 0. The summed E-state index contributed by atoms with van der Waals surface area (Å²) in [7, 11) is 0. The van der Waals surface area contributed by atoms with Crippen molar-refractivity contribution in [3.63, 3.8) is 0 Å². The lowest BCUT2D eigenvalue weighted by atomic mass is 10.0. The first kappa shape index (κ1) is 9.72. The third-order valence-electron chi connectivity index (χ3n) is 2.49. The van der Waals surface area contributed by atoms with Gasteiger partial charge in [0, 0.05) is 0 Å². The summed E-state index contributed by atoms with van der Waals surface area (Å²) >= 11 is 0. The highest BCUT2D eigenvalue weighted by Gasteiger charge is 1.96. The van der Waals surface area contributed by atoms with Gasteiger partial charge in [0.1, 0.15) is 0 Å². The van der Waals surface area contributed by atoms with E-state index in [0.29, 0.717) is 0 Å². The van der Waals surface area contributed by atoms with Gasteiger partial charge in [-0.1, -0.05) is 55.1 Å². The van der Waals surface area contributed by atoms with Crippen LogP contribution in [0.4, 0.5) is 0 Å². The first-order chi connectivity index (χ1) is 7.31. The van der Waals surface area contributed by atoms with Gasteiger partial charge in [-0.25, -0.2) is 0 Å². The normalized spacial score (nSPS) is 11.0. The number of rotatable bonds is 2. The van der Waals surface area contributed by atoms with Gasteiger partial charge in [0.05, 0.1) is 0 Å². The van der Waals surface area contributed by atoms with Crippen molar-refractivity contribution in [2.24, 2.45) is 0 Å². The predicted molar refractivity (Wildman–Crippen MR) is 67.8 cm³/mol. The van der Waals surface area contributed by atoms with E-state index in [1.54, 1.807) is 0 Å². The Hall–Kier alpha value is -1.82. The van der Waals surface area contributed by atoms with Crippen LogP contribution in [0.5, 0.6) is 0 Å². The molecular weight excluding hydrogens is 180 g/mol. The Morgan fingerprint density at radius 1 is 1.07 bits per heavy atom. The van der Waals surface area contributed by atoms with Crippen molar-refractivity contribution in [2.75, 3.05) is 0 Å². The highest BCUT2D eigenvalue weighted by Crippen LogP contribution is 2.20. The average Bonchev–Trinajstić information content (AvgIpc) is 2.29. The Balaban J connectivity index is 2.51. The Morgan fingerprint density at radius 3 is 2.53 bits per heavy atom. The summed E-state index contributed by atoms with van der Waals surface area (Å²) in [6.45, 7) is 6.04. The molecule has 0 heteroatoms. The summed E-state index contributed by atoms with van der Waals surface area (Å²) in [4.78, 5) is 0. The number of allylic oxidation sites excluding steroid dienone is 3. The molecule has 0 unspecified atom stereocenters. The van der Waals surface area contributed by atoms with Crippen LogP contribution in [0.1, 0.15) is 12.5 Å².